The van der Waals surface area contributed by atoms with Crippen molar-refractivity contribution in [1.82, 2.24) is 0 Å². The van der Waals surface area contributed by atoms with Crippen LogP contribution in [0.1, 0.15) is 19.8 Å². The lowest BCUT2D eigenvalue weighted by atomic mass is 10.0. The molecular formula is C8H10FNO2. The standard InChI is InChI=1S/C8H10FNO2/c1-2-12-7(11)8(9,5-10)6-3-4-6/h6H,2-4H2,1H3. The van der Waals surface area contributed by atoms with E-state index in [9.17, 15) is 9.18 Å². The van der Waals surface area contributed by atoms with Gasteiger partial charge in [0, 0.05) is 5.92 Å². The molecule has 1 aliphatic carbocycles. The van der Waals surface area contributed by atoms with Gasteiger partial charge in [0.1, 0.15) is 6.07 Å². The minimum Gasteiger partial charge on any atom is -0.463 e. The first-order valence-corrected chi connectivity index (χ1v) is 3.92. The van der Waals surface area contributed by atoms with Crippen LogP contribution in [0.3, 0.4) is 0 Å². The van der Waals surface area contributed by atoms with Gasteiger partial charge in [-0.25, -0.2) is 9.18 Å². The van der Waals surface area contributed by atoms with Crippen LogP contribution in [-0.4, -0.2) is 18.2 Å². The van der Waals surface area contributed by atoms with Gasteiger partial charge in [-0.2, -0.15) is 5.26 Å². The molecule has 1 atom stereocenters. The van der Waals surface area contributed by atoms with Crippen LogP contribution in [0.15, 0.2) is 0 Å². The second-order valence-electron chi connectivity index (χ2n) is 2.82. The highest BCUT2D eigenvalue weighted by atomic mass is 19.1. The number of ether oxygens (including phenoxy) is 1. The summed E-state index contributed by atoms with van der Waals surface area (Å²) in [5.74, 6) is -1.48. The molecule has 12 heavy (non-hydrogen) atoms. The van der Waals surface area contributed by atoms with Gasteiger partial charge in [0.15, 0.2) is 0 Å². The average molecular weight is 171 g/mol. The molecule has 0 heterocycles. The van der Waals surface area contributed by atoms with Crippen molar-refractivity contribution in [3.63, 3.8) is 0 Å². The molecule has 0 bridgehead atoms. The Bertz CT molecular complexity index is 232. The van der Waals surface area contributed by atoms with Gasteiger partial charge in [-0.15, -0.1) is 0 Å². The summed E-state index contributed by atoms with van der Waals surface area (Å²) in [7, 11) is 0. The maximum atomic E-state index is 13.5. The topological polar surface area (TPSA) is 50.1 Å². The second-order valence-corrected chi connectivity index (χ2v) is 2.82. The quantitative estimate of drug-likeness (QED) is 0.599. The van der Waals surface area contributed by atoms with Crippen LogP contribution >= 0.6 is 0 Å². The molecule has 1 aliphatic rings. The summed E-state index contributed by atoms with van der Waals surface area (Å²) < 4.78 is 17.9. The smallest absolute Gasteiger partial charge is 0.359 e. The third-order valence-electron chi connectivity index (χ3n) is 1.88. The first-order chi connectivity index (χ1) is 5.65. The van der Waals surface area contributed by atoms with E-state index in [0.717, 1.165) is 0 Å². The Morgan fingerprint density at radius 1 is 1.83 bits per heavy atom. The lowest BCUT2D eigenvalue weighted by Gasteiger charge is -2.13. The van der Waals surface area contributed by atoms with E-state index in [1.807, 2.05) is 0 Å². The predicted molar refractivity (Wildman–Crippen MR) is 38.8 cm³/mol. The van der Waals surface area contributed by atoms with Crippen LogP contribution in [0.2, 0.25) is 0 Å². The third-order valence-corrected chi connectivity index (χ3v) is 1.88. The molecule has 0 spiro atoms. The number of nitriles is 1. The van der Waals surface area contributed by atoms with E-state index in [4.69, 9.17) is 5.26 Å². The normalized spacial score (nSPS) is 20.8. The molecule has 0 aromatic carbocycles. The molecule has 1 fully saturated rings. The molecule has 0 saturated heterocycles. The lowest BCUT2D eigenvalue weighted by molar-refractivity contribution is -0.154. The van der Waals surface area contributed by atoms with Crippen LogP contribution < -0.4 is 0 Å². The van der Waals surface area contributed by atoms with Gasteiger partial charge in [-0.1, -0.05) is 0 Å². The Morgan fingerprint density at radius 3 is 2.75 bits per heavy atom. The number of rotatable bonds is 3. The summed E-state index contributed by atoms with van der Waals surface area (Å²) in [5.41, 5.74) is -2.39. The first kappa shape index (κ1) is 8.98. The van der Waals surface area contributed by atoms with Gasteiger partial charge in [-0.05, 0) is 19.8 Å². The Hall–Kier alpha value is -1.11. The van der Waals surface area contributed by atoms with Gasteiger partial charge in [0.25, 0.3) is 5.67 Å². The van der Waals surface area contributed by atoms with E-state index >= 15 is 0 Å². The number of alkyl halides is 1. The van der Waals surface area contributed by atoms with E-state index in [1.54, 1.807) is 6.92 Å². The molecule has 0 aromatic rings. The SMILES string of the molecule is CCOC(=O)C(F)(C#N)C1CC1. The highest BCUT2D eigenvalue weighted by Gasteiger charge is 2.53. The molecule has 0 aromatic heterocycles. The van der Waals surface area contributed by atoms with Crippen molar-refractivity contribution in [3.05, 3.63) is 0 Å². The predicted octanol–water partition coefficient (Wildman–Crippen LogP) is 1.19. The number of esters is 1. The van der Waals surface area contributed by atoms with Crippen LogP contribution in [0.5, 0.6) is 0 Å². The average Bonchev–Trinajstić information content (AvgIpc) is 2.86. The Balaban J connectivity index is 2.66. The zero-order chi connectivity index (χ0) is 9.19. The fourth-order valence-electron chi connectivity index (χ4n) is 1.02. The zero-order valence-corrected chi connectivity index (χ0v) is 6.84. The number of carbonyl (C=O) groups excluding carboxylic acids is 1. The molecule has 0 radical (unpaired) electrons. The van der Waals surface area contributed by atoms with Gasteiger partial charge >= 0.3 is 5.97 Å². The summed E-state index contributed by atoms with van der Waals surface area (Å²) in [4.78, 5) is 11.0. The number of hydrogen-bond donors (Lipinski definition) is 0. The van der Waals surface area contributed by atoms with Crippen LogP contribution in [-0.2, 0) is 9.53 Å². The van der Waals surface area contributed by atoms with E-state index in [1.165, 1.54) is 6.07 Å². The van der Waals surface area contributed by atoms with Crippen molar-refractivity contribution in [2.24, 2.45) is 5.92 Å². The number of carbonyl (C=O) groups is 1. The maximum absolute atomic E-state index is 13.5. The molecule has 0 aliphatic heterocycles. The fraction of sp³-hybridized carbons (Fsp3) is 0.750. The maximum Gasteiger partial charge on any atom is 0.359 e. The summed E-state index contributed by atoms with van der Waals surface area (Å²) >= 11 is 0. The molecule has 66 valence electrons. The summed E-state index contributed by atoms with van der Waals surface area (Å²) in [6.45, 7) is 1.70. The van der Waals surface area contributed by atoms with Gasteiger partial charge in [0.2, 0.25) is 0 Å². The molecule has 1 saturated carbocycles. The molecule has 0 N–H and O–H groups in total. The summed E-state index contributed by atoms with van der Waals surface area (Å²) in [5, 5.41) is 8.47. The van der Waals surface area contributed by atoms with Gasteiger partial charge < -0.3 is 4.74 Å². The van der Waals surface area contributed by atoms with E-state index in [0.29, 0.717) is 12.8 Å². The summed E-state index contributed by atoms with van der Waals surface area (Å²) in [6, 6.07) is 1.38. The van der Waals surface area contributed by atoms with Crippen LogP contribution in [0, 0.1) is 17.2 Å². The van der Waals surface area contributed by atoms with Gasteiger partial charge in [-0.3, -0.25) is 0 Å². The molecule has 1 rings (SSSR count). The zero-order valence-electron chi connectivity index (χ0n) is 6.84. The minimum atomic E-state index is -2.39. The van der Waals surface area contributed by atoms with Crippen LogP contribution in [0.25, 0.3) is 0 Å². The van der Waals surface area contributed by atoms with Crippen LogP contribution in [0.4, 0.5) is 4.39 Å². The number of halogens is 1. The van der Waals surface area contributed by atoms with Crippen molar-refractivity contribution >= 4 is 5.97 Å². The molecular weight excluding hydrogens is 161 g/mol. The van der Waals surface area contributed by atoms with Crippen molar-refractivity contribution < 1.29 is 13.9 Å². The number of hydrogen-bond acceptors (Lipinski definition) is 3. The Labute approximate surface area is 70.1 Å². The lowest BCUT2D eigenvalue weighted by Crippen LogP contribution is -2.36. The molecule has 3 nitrogen and oxygen atoms in total. The Morgan fingerprint density at radius 2 is 2.42 bits per heavy atom. The molecule has 0 amide bonds. The number of nitrogens with zero attached hydrogens (tertiary/aromatic N) is 1. The van der Waals surface area contributed by atoms with Gasteiger partial charge in [0.05, 0.1) is 6.61 Å². The van der Waals surface area contributed by atoms with Crippen molar-refractivity contribution in [3.8, 4) is 6.07 Å². The van der Waals surface area contributed by atoms with Crippen molar-refractivity contribution in [2.75, 3.05) is 6.61 Å². The fourth-order valence-corrected chi connectivity index (χ4v) is 1.02. The van der Waals surface area contributed by atoms with Crippen molar-refractivity contribution in [1.29, 1.82) is 5.26 Å². The van der Waals surface area contributed by atoms with E-state index in [-0.39, 0.29) is 6.61 Å². The first-order valence-electron chi connectivity index (χ1n) is 3.92. The van der Waals surface area contributed by atoms with E-state index in [2.05, 4.69) is 4.74 Å². The van der Waals surface area contributed by atoms with Crippen molar-refractivity contribution in [2.45, 2.75) is 25.4 Å². The largest absolute Gasteiger partial charge is 0.463 e. The molecule has 1 unspecified atom stereocenters. The second kappa shape index (κ2) is 3.10. The Kier molecular flexibility index (Phi) is 2.32. The third kappa shape index (κ3) is 1.40. The summed E-state index contributed by atoms with van der Waals surface area (Å²) in [6.07, 6.45) is 1.20. The highest BCUT2D eigenvalue weighted by molar-refractivity contribution is 5.83. The molecule has 4 heteroatoms. The van der Waals surface area contributed by atoms with E-state index < -0.39 is 17.6 Å². The minimum absolute atomic E-state index is 0.110. The monoisotopic (exact) mass is 171 g/mol. The highest BCUT2D eigenvalue weighted by Crippen LogP contribution is 2.42.